The van der Waals surface area contributed by atoms with E-state index in [1.54, 1.807) is 24.0 Å². The summed E-state index contributed by atoms with van der Waals surface area (Å²) in [5.41, 5.74) is 6.29. The summed E-state index contributed by atoms with van der Waals surface area (Å²) in [6.45, 7) is 3.78. The minimum atomic E-state index is 0. The summed E-state index contributed by atoms with van der Waals surface area (Å²) in [5.74, 6) is 0. The minimum Gasteiger partial charge on any atom is -0.497 e. The highest BCUT2D eigenvalue weighted by molar-refractivity contribution is 14.0. The number of nitrogens with zero attached hydrogens (tertiary/aromatic N) is 5. The van der Waals surface area contributed by atoms with Crippen LogP contribution in [0.25, 0.3) is 0 Å². The van der Waals surface area contributed by atoms with Crippen molar-refractivity contribution in [3.8, 4) is 0 Å². The van der Waals surface area contributed by atoms with Crippen LogP contribution in [0.1, 0.15) is 34.8 Å². The Hall–Kier alpha value is -1.30. The topological polar surface area (TPSA) is 134 Å². The Morgan fingerprint density at radius 1 is 1.14 bits per heavy atom. The first-order chi connectivity index (χ1) is 16.5. The van der Waals surface area contributed by atoms with Gasteiger partial charge >= 0.3 is 0 Å². The van der Waals surface area contributed by atoms with Crippen molar-refractivity contribution in [2.75, 3.05) is 25.8 Å². The van der Waals surface area contributed by atoms with Crippen LogP contribution in [0.2, 0.25) is 0 Å². The van der Waals surface area contributed by atoms with Crippen LogP contribution in [-0.4, -0.2) is 75.0 Å². The molecule has 36 heavy (non-hydrogen) atoms. The Labute approximate surface area is 251 Å². The Kier molecular flexibility index (Phi) is 26.2. The number of carbonyl (C=O) groups is 3. The summed E-state index contributed by atoms with van der Waals surface area (Å²) >= 11 is 7.48. The number of nitrogens with two attached hydrogens (primary N) is 1. The molecule has 2 aromatic heterocycles. The van der Waals surface area contributed by atoms with Crippen LogP contribution < -0.4 is 5.73 Å². The number of halogens is 2. The van der Waals surface area contributed by atoms with Gasteiger partial charge in [-0.25, -0.2) is 9.97 Å². The van der Waals surface area contributed by atoms with Crippen LogP contribution in [0.15, 0.2) is 38.4 Å². The van der Waals surface area contributed by atoms with Crippen molar-refractivity contribution >= 4 is 99.2 Å². The third kappa shape index (κ3) is 18.0. The Morgan fingerprint density at radius 2 is 1.72 bits per heavy atom. The fraction of sp³-hybridized carbons (Fsp3) is 0.429. The lowest BCUT2D eigenvalue weighted by Gasteiger charge is -2.01. The molecule has 2 aromatic rings. The molecule has 0 aliphatic heterocycles. The van der Waals surface area contributed by atoms with Gasteiger partial charge in [-0.05, 0) is 48.5 Å². The van der Waals surface area contributed by atoms with Crippen LogP contribution in [0.4, 0.5) is 0 Å². The molecule has 0 saturated carbocycles. The molecule has 10 nitrogen and oxygen atoms in total. The van der Waals surface area contributed by atoms with Crippen LogP contribution >= 0.6 is 75.2 Å². The normalized spacial score (nSPS) is 10.4. The first kappa shape index (κ1) is 39.2. The van der Waals surface area contributed by atoms with Gasteiger partial charge in [0.15, 0.2) is 34.3 Å². The lowest BCUT2D eigenvalue weighted by Crippen LogP contribution is -2.03. The second-order valence-corrected chi connectivity index (χ2v) is 9.59. The summed E-state index contributed by atoms with van der Waals surface area (Å²) in [5, 5.41) is 2.36. The lowest BCUT2D eigenvalue weighted by molar-refractivity contribution is -0.104. The van der Waals surface area contributed by atoms with E-state index >= 15 is 0 Å². The molecule has 0 saturated heterocycles. The maximum Gasteiger partial charge on any atom is 0.170 e. The van der Waals surface area contributed by atoms with Crippen molar-refractivity contribution in [2.45, 2.75) is 30.3 Å². The highest BCUT2D eigenvalue weighted by Gasteiger charge is 2.02. The molecule has 0 atom stereocenters. The van der Waals surface area contributed by atoms with Crippen molar-refractivity contribution in [3.05, 3.63) is 34.5 Å². The maximum atomic E-state index is 10.3. The average Bonchev–Trinajstić information content (AvgIpc) is 3.43. The Balaban J connectivity index is -0.000000407. The molecule has 0 aliphatic carbocycles. The number of amidine groups is 1. The predicted octanol–water partition coefficient (Wildman–Crippen LogP) is 4.67. The number of aromatic nitrogens is 4. The molecule has 0 bridgehead atoms. The van der Waals surface area contributed by atoms with Gasteiger partial charge in [-0.3, -0.25) is 19.4 Å². The molecule has 0 aliphatic rings. The van der Waals surface area contributed by atoms with E-state index in [4.69, 9.17) is 10.5 Å². The van der Waals surface area contributed by atoms with Gasteiger partial charge in [-0.1, -0.05) is 35.3 Å². The van der Waals surface area contributed by atoms with Crippen LogP contribution in [0, 0.1) is 0 Å². The fourth-order valence-electron chi connectivity index (χ4n) is 1.74. The number of hydrogen-bond acceptors (Lipinski definition) is 10. The molecule has 0 aromatic carbocycles. The van der Waals surface area contributed by atoms with E-state index in [1.807, 2.05) is 51.3 Å². The SMILES string of the molecule is CC(C)O/C=C(\Br)C=O.CN=C(N)SC.CSc1nc(C=O)cn1C.CSc1ncc(C=O)n1C.I. The fourth-order valence-corrected chi connectivity index (χ4v) is 3.11. The van der Waals surface area contributed by atoms with Crippen molar-refractivity contribution in [1.29, 1.82) is 0 Å². The molecule has 0 spiro atoms. The van der Waals surface area contributed by atoms with E-state index in [0.29, 0.717) is 27.3 Å². The second kappa shape index (κ2) is 24.1. The van der Waals surface area contributed by atoms with Gasteiger partial charge in [-0.15, -0.1) is 24.0 Å². The van der Waals surface area contributed by atoms with E-state index in [0.717, 1.165) is 22.9 Å². The van der Waals surface area contributed by atoms with Gasteiger partial charge in [0, 0.05) is 27.3 Å². The standard InChI is InChI=1S/C6H9BrO2.2C6H8N2OS.C3H8N2S.HI/c1-5(2)9-4-6(7)3-8;1-8-3-5(4-9)7-6(8)10-2;1-8-5(4-9)3-7-6(8)10-2;1-5-3(4)6-2;/h3-5H,1-2H3;2*3-4H,1-2H3;1-2H3,(H2,4,5);1H/b6-4-;;;;. The monoisotopic (exact) mass is 736 g/mol. The third-order valence-corrected chi connectivity index (χ3v) is 5.90. The van der Waals surface area contributed by atoms with Gasteiger partial charge in [0.25, 0.3) is 0 Å². The van der Waals surface area contributed by atoms with Crippen molar-refractivity contribution < 1.29 is 19.1 Å². The first-order valence-corrected chi connectivity index (χ1v) is 14.3. The molecule has 0 radical (unpaired) electrons. The minimum absolute atomic E-state index is 0. The van der Waals surface area contributed by atoms with Crippen molar-refractivity contribution in [2.24, 2.45) is 24.8 Å². The molecule has 204 valence electrons. The van der Waals surface area contributed by atoms with Crippen LogP contribution in [0.3, 0.4) is 0 Å². The lowest BCUT2D eigenvalue weighted by atomic mass is 10.5. The summed E-state index contributed by atoms with van der Waals surface area (Å²) in [7, 11) is 5.36. The predicted molar refractivity (Wildman–Crippen MR) is 167 cm³/mol. The zero-order chi connectivity index (χ0) is 27.4. The van der Waals surface area contributed by atoms with E-state index < -0.39 is 0 Å². The van der Waals surface area contributed by atoms with Gasteiger partial charge in [0.1, 0.15) is 17.6 Å². The van der Waals surface area contributed by atoms with Crippen molar-refractivity contribution in [3.63, 3.8) is 0 Å². The maximum absolute atomic E-state index is 10.3. The third-order valence-electron chi connectivity index (χ3n) is 3.44. The largest absolute Gasteiger partial charge is 0.497 e. The number of allylic oxidation sites excluding steroid dienone is 1. The number of rotatable bonds is 7. The second-order valence-electron chi connectivity index (χ2n) is 6.30. The van der Waals surface area contributed by atoms with E-state index in [2.05, 4.69) is 30.9 Å². The van der Waals surface area contributed by atoms with Gasteiger partial charge in [0.2, 0.25) is 0 Å². The average molecular weight is 738 g/mol. The summed E-state index contributed by atoms with van der Waals surface area (Å²) in [4.78, 5) is 42.1. The molecule has 0 unspecified atom stereocenters. The van der Waals surface area contributed by atoms with Gasteiger partial charge < -0.3 is 19.6 Å². The number of carbonyl (C=O) groups excluding carboxylic acids is 3. The molecular formula is C21H34BrIN6O4S3. The van der Waals surface area contributed by atoms with E-state index in [1.165, 1.54) is 41.5 Å². The van der Waals surface area contributed by atoms with Crippen molar-refractivity contribution in [1.82, 2.24) is 19.1 Å². The number of aliphatic imine (C=N–C) groups is 1. The molecule has 2 rings (SSSR count). The Morgan fingerprint density at radius 3 is 1.97 bits per heavy atom. The Bertz CT molecular complexity index is 966. The number of thioether (sulfide) groups is 3. The van der Waals surface area contributed by atoms with Gasteiger partial charge in [-0.2, -0.15) is 0 Å². The van der Waals surface area contributed by atoms with Crippen LogP contribution in [-0.2, 0) is 23.6 Å². The zero-order valence-corrected chi connectivity index (χ0v) is 27.9. The number of ether oxygens (including phenoxy) is 1. The smallest absolute Gasteiger partial charge is 0.170 e. The summed E-state index contributed by atoms with van der Waals surface area (Å²) in [6.07, 6.45) is 12.8. The summed E-state index contributed by atoms with van der Waals surface area (Å²) < 4.78 is 8.97. The first-order valence-electron chi connectivity index (χ1n) is 9.80. The molecule has 0 amide bonds. The molecular weight excluding hydrogens is 703 g/mol. The highest BCUT2D eigenvalue weighted by atomic mass is 127. The summed E-state index contributed by atoms with van der Waals surface area (Å²) in [6, 6.07) is 0. The van der Waals surface area contributed by atoms with E-state index in [9.17, 15) is 14.4 Å². The molecule has 15 heteroatoms. The number of hydrogen-bond donors (Lipinski definition) is 1. The molecule has 2 N–H and O–H groups in total. The quantitative estimate of drug-likeness (QED) is 0.0814. The molecule has 2 heterocycles. The number of imidazole rings is 2. The van der Waals surface area contributed by atoms with Crippen LogP contribution in [0.5, 0.6) is 0 Å². The number of aldehydes is 3. The molecule has 0 fully saturated rings. The number of aryl methyl sites for hydroxylation is 1. The van der Waals surface area contributed by atoms with E-state index in [-0.39, 0.29) is 30.1 Å². The van der Waals surface area contributed by atoms with Gasteiger partial charge in [0.05, 0.1) is 16.8 Å². The zero-order valence-electron chi connectivity index (χ0n) is 21.5. The highest BCUT2D eigenvalue weighted by Crippen LogP contribution is 2.12.